The summed E-state index contributed by atoms with van der Waals surface area (Å²) in [7, 11) is 1.70. The predicted molar refractivity (Wildman–Crippen MR) is 72.7 cm³/mol. The molecule has 1 atom stereocenters. The first kappa shape index (κ1) is 12.9. The number of methoxy groups -OCH3 is 1. The number of hydrogen-bond donors (Lipinski definition) is 2. The minimum atomic E-state index is 0.184. The van der Waals surface area contributed by atoms with Gasteiger partial charge in [0.1, 0.15) is 5.75 Å². The molecule has 2 rings (SSSR count). The summed E-state index contributed by atoms with van der Waals surface area (Å²) in [6.07, 6.45) is 5.11. The molecular formula is C13H19BrN2O. The zero-order valence-corrected chi connectivity index (χ0v) is 11.7. The maximum atomic E-state index is 5.68. The molecule has 0 radical (unpaired) electrons. The molecule has 0 aromatic heterocycles. The van der Waals surface area contributed by atoms with E-state index >= 15 is 0 Å². The summed E-state index contributed by atoms with van der Waals surface area (Å²) >= 11 is 3.45. The quantitative estimate of drug-likeness (QED) is 0.648. The highest BCUT2D eigenvalue weighted by Crippen LogP contribution is 2.37. The molecule has 0 bridgehead atoms. The van der Waals surface area contributed by atoms with Crippen LogP contribution in [0.3, 0.4) is 0 Å². The lowest BCUT2D eigenvalue weighted by atomic mass is 9.79. The molecule has 1 unspecified atom stereocenters. The molecule has 0 saturated heterocycles. The maximum absolute atomic E-state index is 5.68. The van der Waals surface area contributed by atoms with Gasteiger partial charge in [-0.2, -0.15) is 0 Å². The van der Waals surface area contributed by atoms with Crippen LogP contribution in [0.15, 0.2) is 22.7 Å². The minimum absolute atomic E-state index is 0.184. The fourth-order valence-corrected chi connectivity index (χ4v) is 2.66. The second kappa shape index (κ2) is 5.85. The molecule has 0 amide bonds. The van der Waals surface area contributed by atoms with Gasteiger partial charge in [-0.25, -0.2) is 0 Å². The van der Waals surface area contributed by atoms with Crippen molar-refractivity contribution in [2.45, 2.75) is 31.7 Å². The van der Waals surface area contributed by atoms with Crippen molar-refractivity contribution in [2.24, 2.45) is 11.8 Å². The smallest absolute Gasteiger partial charge is 0.124 e. The van der Waals surface area contributed by atoms with Crippen LogP contribution in [-0.2, 0) is 0 Å². The van der Waals surface area contributed by atoms with Crippen LogP contribution in [0.4, 0.5) is 0 Å². The molecule has 0 heterocycles. The fourth-order valence-electron chi connectivity index (χ4n) is 2.32. The largest absolute Gasteiger partial charge is 0.496 e. The van der Waals surface area contributed by atoms with Crippen molar-refractivity contribution >= 4 is 15.9 Å². The highest BCUT2D eigenvalue weighted by atomic mass is 79.9. The third-order valence-corrected chi connectivity index (χ3v) is 4.06. The van der Waals surface area contributed by atoms with E-state index in [2.05, 4.69) is 27.4 Å². The van der Waals surface area contributed by atoms with Crippen molar-refractivity contribution in [1.82, 2.24) is 5.43 Å². The summed E-state index contributed by atoms with van der Waals surface area (Å²) in [5.74, 6) is 7.38. The number of nitrogens with two attached hydrogens (primary N) is 1. The minimum Gasteiger partial charge on any atom is -0.496 e. The highest BCUT2D eigenvalue weighted by Gasteiger charge is 2.24. The first-order valence-electron chi connectivity index (χ1n) is 6.04. The third-order valence-electron chi connectivity index (χ3n) is 3.57. The molecule has 1 aliphatic rings. The van der Waals surface area contributed by atoms with E-state index in [0.717, 1.165) is 28.1 Å². The summed E-state index contributed by atoms with van der Waals surface area (Å²) in [6.45, 7) is 0. The molecule has 3 nitrogen and oxygen atoms in total. The van der Waals surface area contributed by atoms with Crippen molar-refractivity contribution < 1.29 is 4.74 Å². The molecule has 1 aromatic carbocycles. The van der Waals surface area contributed by atoms with Gasteiger partial charge in [-0.15, -0.1) is 0 Å². The van der Waals surface area contributed by atoms with Crippen molar-refractivity contribution in [3.05, 3.63) is 28.2 Å². The topological polar surface area (TPSA) is 47.3 Å². The van der Waals surface area contributed by atoms with E-state index in [9.17, 15) is 0 Å². The van der Waals surface area contributed by atoms with Gasteiger partial charge in [0.05, 0.1) is 7.11 Å². The Bertz CT molecular complexity index is 380. The van der Waals surface area contributed by atoms with Gasteiger partial charge < -0.3 is 4.74 Å². The van der Waals surface area contributed by atoms with Crippen LogP contribution in [0.25, 0.3) is 0 Å². The van der Waals surface area contributed by atoms with Crippen molar-refractivity contribution in [3.8, 4) is 5.75 Å². The molecule has 1 fully saturated rings. The van der Waals surface area contributed by atoms with E-state index in [1.165, 1.54) is 19.3 Å². The highest BCUT2D eigenvalue weighted by molar-refractivity contribution is 9.10. The number of benzene rings is 1. The number of hydrazine groups is 1. The van der Waals surface area contributed by atoms with Crippen LogP contribution in [0.2, 0.25) is 0 Å². The molecule has 1 aliphatic carbocycles. The molecule has 0 spiro atoms. The second-order valence-corrected chi connectivity index (χ2v) is 5.55. The van der Waals surface area contributed by atoms with Gasteiger partial charge in [0, 0.05) is 16.1 Å². The van der Waals surface area contributed by atoms with Gasteiger partial charge in [-0.1, -0.05) is 41.3 Å². The summed E-state index contributed by atoms with van der Waals surface area (Å²) in [4.78, 5) is 0. The molecule has 94 valence electrons. The van der Waals surface area contributed by atoms with Crippen LogP contribution in [0.5, 0.6) is 5.75 Å². The van der Waals surface area contributed by atoms with Crippen LogP contribution in [-0.4, -0.2) is 7.11 Å². The van der Waals surface area contributed by atoms with E-state index in [4.69, 9.17) is 10.6 Å². The van der Waals surface area contributed by atoms with E-state index in [0.29, 0.717) is 0 Å². The summed E-state index contributed by atoms with van der Waals surface area (Å²) in [6, 6.07) is 6.28. The molecule has 1 aromatic rings. The Labute approximate surface area is 111 Å². The Morgan fingerprint density at radius 3 is 2.82 bits per heavy atom. The molecule has 3 N–H and O–H groups in total. The van der Waals surface area contributed by atoms with Gasteiger partial charge >= 0.3 is 0 Å². The fraction of sp³-hybridized carbons (Fsp3) is 0.538. The van der Waals surface area contributed by atoms with E-state index in [-0.39, 0.29) is 6.04 Å². The average molecular weight is 299 g/mol. The lowest BCUT2D eigenvalue weighted by molar-refractivity contribution is 0.259. The third kappa shape index (κ3) is 3.00. The number of halogens is 1. The van der Waals surface area contributed by atoms with Crippen molar-refractivity contribution in [2.75, 3.05) is 7.11 Å². The SMILES string of the molecule is COc1cc(Br)ccc1C(CC1CCC1)NN. The second-order valence-electron chi connectivity index (χ2n) is 4.64. The lowest BCUT2D eigenvalue weighted by Gasteiger charge is -2.30. The number of rotatable bonds is 5. The van der Waals surface area contributed by atoms with Gasteiger partial charge in [0.2, 0.25) is 0 Å². The van der Waals surface area contributed by atoms with Gasteiger partial charge in [0.15, 0.2) is 0 Å². The van der Waals surface area contributed by atoms with E-state index in [1.54, 1.807) is 7.11 Å². The van der Waals surface area contributed by atoms with Gasteiger partial charge in [-0.3, -0.25) is 11.3 Å². The Morgan fingerprint density at radius 1 is 1.53 bits per heavy atom. The monoisotopic (exact) mass is 298 g/mol. The standard InChI is InChI=1S/C13H19BrN2O/c1-17-13-8-10(14)5-6-11(13)12(16-15)7-9-3-2-4-9/h5-6,8-9,12,16H,2-4,7,15H2,1H3. The summed E-state index contributed by atoms with van der Waals surface area (Å²) < 4.78 is 6.44. The lowest BCUT2D eigenvalue weighted by Crippen LogP contribution is -2.31. The number of ether oxygens (including phenoxy) is 1. The van der Waals surface area contributed by atoms with Gasteiger partial charge in [-0.05, 0) is 24.5 Å². The molecule has 1 saturated carbocycles. The van der Waals surface area contributed by atoms with Crippen LogP contribution >= 0.6 is 15.9 Å². The average Bonchev–Trinajstić information content (AvgIpc) is 2.29. The predicted octanol–water partition coefficient (Wildman–Crippen LogP) is 3.15. The van der Waals surface area contributed by atoms with E-state index < -0.39 is 0 Å². The first-order chi connectivity index (χ1) is 8.24. The Morgan fingerprint density at radius 2 is 2.29 bits per heavy atom. The van der Waals surface area contributed by atoms with Crippen LogP contribution in [0, 0.1) is 5.92 Å². The van der Waals surface area contributed by atoms with Crippen LogP contribution in [0.1, 0.15) is 37.3 Å². The molecular weight excluding hydrogens is 280 g/mol. The molecule has 4 heteroatoms. The maximum Gasteiger partial charge on any atom is 0.124 e. The summed E-state index contributed by atoms with van der Waals surface area (Å²) in [5.41, 5.74) is 4.06. The number of nitrogens with one attached hydrogen (secondary N) is 1. The number of hydrogen-bond acceptors (Lipinski definition) is 3. The Balaban J connectivity index is 2.16. The molecule has 17 heavy (non-hydrogen) atoms. The summed E-state index contributed by atoms with van der Waals surface area (Å²) in [5, 5.41) is 0. The molecule has 0 aliphatic heterocycles. The normalized spacial score (nSPS) is 17.6. The van der Waals surface area contributed by atoms with Crippen LogP contribution < -0.4 is 16.0 Å². The van der Waals surface area contributed by atoms with Gasteiger partial charge in [0.25, 0.3) is 0 Å². The zero-order chi connectivity index (χ0) is 12.3. The Kier molecular flexibility index (Phi) is 4.42. The zero-order valence-electron chi connectivity index (χ0n) is 10.1. The Hall–Kier alpha value is -0.580. The van der Waals surface area contributed by atoms with Crippen molar-refractivity contribution in [3.63, 3.8) is 0 Å². The van der Waals surface area contributed by atoms with E-state index in [1.807, 2.05) is 12.1 Å². The van der Waals surface area contributed by atoms with Crippen molar-refractivity contribution in [1.29, 1.82) is 0 Å². The first-order valence-corrected chi connectivity index (χ1v) is 6.83.